The second kappa shape index (κ2) is 5.99. The van der Waals surface area contributed by atoms with Crippen molar-refractivity contribution in [2.24, 2.45) is 14.1 Å². The van der Waals surface area contributed by atoms with Gasteiger partial charge < -0.3 is 0 Å². The molecule has 3 heteroatoms. The first kappa shape index (κ1) is 15.5. The monoisotopic (exact) mass is 307 g/mol. The zero-order valence-electron chi connectivity index (χ0n) is 14.6. The van der Waals surface area contributed by atoms with Crippen LogP contribution >= 0.6 is 0 Å². The largest absolute Gasteiger partial charge is 0.235 e. The van der Waals surface area contributed by atoms with Crippen molar-refractivity contribution in [3.63, 3.8) is 0 Å². The van der Waals surface area contributed by atoms with Crippen LogP contribution in [0.25, 0.3) is 22.6 Å². The van der Waals surface area contributed by atoms with Gasteiger partial charge in [-0.25, -0.2) is 0 Å². The maximum absolute atomic E-state index is 2.28. The summed E-state index contributed by atoms with van der Waals surface area (Å²) < 4.78 is 6.75. The summed E-state index contributed by atoms with van der Waals surface area (Å²) in [6.07, 6.45) is 2.15. The Morgan fingerprint density at radius 1 is 0.913 bits per heavy atom. The molecule has 0 amide bonds. The molecule has 3 nitrogen and oxygen atoms in total. The average Bonchev–Trinajstić information content (AvgIpc) is 2.90. The van der Waals surface area contributed by atoms with E-state index in [9.17, 15) is 0 Å². The lowest BCUT2D eigenvalue weighted by atomic mass is 10.0. The Balaban J connectivity index is 2.17. The predicted octanol–water partition coefficient (Wildman–Crippen LogP) is 3.36. The molecule has 2 aromatic heterocycles. The average molecular weight is 307 g/mol. The molecule has 0 aliphatic carbocycles. The minimum Gasteiger partial charge on any atom is -0.193 e. The molecule has 2 heterocycles. The molecule has 1 aromatic carbocycles. The van der Waals surface area contributed by atoms with Crippen LogP contribution in [0.4, 0.5) is 0 Å². The standard InChI is InChI=1S/C20H25N3/c1-15(2)23-14-13-20(22(23)5)19-12-8-11-18(21(19)4)17-10-7-6-9-16(17)3/h6-15H,1-5H3/q+2. The highest BCUT2D eigenvalue weighted by Crippen LogP contribution is 2.22. The summed E-state index contributed by atoms with van der Waals surface area (Å²) in [7, 11) is 4.26. The Morgan fingerprint density at radius 3 is 2.26 bits per heavy atom. The van der Waals surface area contributed by atoms with Gasteiger partial charge in [0.2, 0.25) is 11.4 Å². The Hall–Kier alpha value is -2.42. The predicted molar refractivity (Wildman–Crippen MR) is 92.8 cm³/mol. The molecule has 23 heavy (non-hydrogen) atoms. The third-order valence-corrected chi connectivity index (χ3v) is 4.52. The summed E-state index contributed by atoms with van der Waals surface area (Å²) in [6.45, 7) is 6.57. The van der Waals surface area contributed by atoms with E-state index in [-0.39, 0.29) is 0 Å². The highest BCUT2D eigenvalue weighted by atomic mass is 15.4. The van der Waals surface area contributed by atoms with Crippen LogP contribution in [0, 0.1) is 6.92 Å². The van der Waals surface area contributed by atoms with Crippen molar-refractivity contribution in [2.75, 3.05) is 0 Å². The van der Waals surface area contributed by atoms with Crippen molar-refractivity contribution >= 4 is 0 Å². The van der Waals surface area contributed by atoms with E-state index >= 15 is 0 Å². The maximum atomic E-state index is 2.28. The van der Waals surface area contributed by atoms with E-state index in [1.807, 2.05) is 0 Å². The van der Waals surface area contributed by atoms with Crippen molar-refractivity contribution < 1.29 is 9.25 Å². The number of nitrogens with zero attached hydrogens (tertiary/aromatic N) is 3. The van der Waals surface area contributed by atoms with Crippen molar-refractivity contribution in [1.82, 2.24) is 4.68 Å². The first-order chi connectivity index (χ1) is 11.0. The van der Waals surface area contributed by atoms with Crippen molar-refractivity contribution in [1.29, 1.82) is 0 Å². The fraction of sp³-hybridized carbons (Fsp3) is 0.300. The minimum atomic E-state index is 0.443. The number of rotatable bonds is 3. The number of benzene rings is 1. The molecular formula is C20H25N3+2. The van der Waals surface area contributed by atoms with Gasteiger partial charge in [-0.1, -0.05) is 18.2 Å². The van der Waals surface area contributed by atoms with Crippen LogP contribution in [0.2, 0.25) is 0 Å². The molecule has 0 N–H and O–H groups in total. The molecule has 0 aliphatic heterocycles. The SMILES string of the molecule is Cc1ccccc1-c1cccc(-c2cc[n+](C(C)C)n2C)[n+]1C. The summed E-state index contributed by atoms with van der Waals surface area (Å²) >= 11 is 0. The molecule has 0 fully saturated rings. The van der Waals surface area contributed by atoms with Crippen LogP contribution in [-0.4, -0.2) is 4.68 Å². The zero-order valence-corrected chi connectivity index (χ0v) is 14.6. The maximum Gasteiger partial charge on any atom is 0.235 e. The van der Waals surface area contributed by atoms with Gasteiger partial charge in [0.25, 0.3) is 0 Å². The molecule has 0 unspecified atom stereocenters. The first-order valence-electron chi connectivity index (χ1n) is 8.13. The van der Waals surface area contributed by atoms with Crippen LogP contribution in [0.5, 0.6) is 0 Å². The van der Waals surface area contributed by atoms with E-state index in [2.05, 4.69) is 104 Å². The number of hydrogen-bond donors (Lipinski definition) is 0. The van der Waals surface area contributed by atoms with Gasteiger partial charge in [0, 0.05) is 23.8 Å². The number of pyridine rings is 1. The lowest BCUT2D eigenvalue weighted by Crippen LogP contribution is -2.44. The normalized spacial score (nSPS) is 11.2. The van der Waals surface area contributed by atoms with E-state index in [0.717, 1.165) is 0 Å². The molecule has 3 rings (SSSR count). The lowest BCUT2D eigenvalue weighted by molar-refractivity contribution is -0.789. The summed E-state index contributed by atoms with van der Waals surface area (Å²) in [5.41, 5.74) is 6.24. The first-order valence-corrected chi connectivity index (χ1v) is 8.13. The molecule has 118 valence electrons. The van der Waals surface area contributed by atoms with Crippen LogP contribution in [0.15, 0.2) is 54.7 Å². The molecule has 3 aromatic rings. The Labute approximate surface area is 138 Å². The fourth-order valence-corrected chi connectivity index (χ4v) is 3.22. The molecule has 0 bridgehead atoms. The van der Waals surface area contributed by atoms with Gasteiger partial charge in [0.1, 0.15) is 7.05 Å². The number of aromatic nitrogens is 3. The van der Waals surface area contributed by atoms with Gasteiger partial charge in [-0.3, -0.25) is 0 Å². The van der Waals surface area contributed by atoms with E-state index in [1.54, 1.807) is 0 Å². The summed E-state index contributed by atoms with van der Waals surface area (Å²) in [5.74, 6) is 0. The molecule has 0 saturated carbocycles. The van der Waals surface area contributed by atoms with Crippen LogP contribution in [-0.2, 0) is 14.1 Å². The smallest absolute Gasteiger partial charge is 0.193 e. The number of hydrogen-bond acceptors (Lipinski definition) is 0. The van der Waals surface area contributed by atoms with Gasteiger partial charge in [0.15, 0.2) is 17.9 Å². The van der Waals surface area contributed by atoms with Crippen molar-refractivity contribution in [3.05, 3.63) is 60.3 Å². The van der Waals surface area contributed by atoms with Gasteiger partial charge in [-0.05, 0) is 38.5 Å². The van der Waals surface area contributed by atoms with Gasteiger partial charge >= 0.3 is 0 Å². The van der Waals surface area contributed by atoms with Crippen LogP contribution in [0.1, 0.15) is 25.5 Å². The highest BCUT2D eigenvalue weighted by Gasteiger charge is 2.24. The molecule has 0 saturated heterocycles. The topological polar surface area (TPSA) is 12.7 Å². The lowest BCUT2D eigenvalue weighted by Gasteiger charge is -2.08. The second-order valence-corrected chi connectivity index (χ2v) is 6.37. The Kier molecular flexibility index (Phi) is 4.03. The quantitative estimate of drug-likeness (QED) is 0.658. The molecule has 0 radical (unpaired) electrons. The van der Waals surface area contributed by atoms with Crippen LogP contribution < -0.4 is 9.25 Å². The number of aryl methyl sites for hydroxylation is 1. The van der Waals surface area contributed by atoms with E-state index < -0.39 is 0 Å². The van der Waals surface area contributed by atoms with Gasteiger partial charge in [-0.2, -0.15) is 4.57 Å². The summed E-state index contributed by atoms with van der Waals surface area (Å²) in [5, 5.41) is 0. The van der Waals surface area contributed by atoms with Gasteiger partial charge in [-0.15, -0.1) is 9.36 Å². The minimum absolute atomic E-state index is 0.443. The fourth-order valence-electron chi connectivity index (χ4n) is 3.22. The molecule has 0 spiro atoms. The van der Waals surface area contributed by atoms with Crippen LogP contribution in [0.3, 0.4) is 0 Å². The van der Waals surface area contributed by atoms with E-state index in [0.29, 0.717) is 6.04 Å². The van der Waals surface area contributed by atoms with Gasteiger partial charge in [0.05, 0.1) is 7.05 Å². The summed E-state index contributed by atoms with van der Waals surface area (Å²) in [4.78, 5) is 0. The second-order valence-electron chi connectivity index (χ2n) is 6.37. The van der Waals surface area contributed by atoms with Crippen molar-refractivity contribution in [2.45, 2.75) is 26.8 Å². The van der Waals surface area contributed by atoms with E-state index in [1.165, 1.54) is 28.2 Å². The zero-order chi connectivity index (χ0) is 16.6. The third kappa shape index (κ3) is 2.67. The Morgan fingerprint density at radius 2 is 1.61 bits per heavy atom. The third-order valence-electron chi connectivity index (χ3n) is 4.52. The molecular weight excluding hydrogens is 282 g/mol. The highest BCUT2D eigenvalue weighted by molar-refractivity contribution is 5.62. The summed E-state index contributed by atoms with van der Waals surface area (Å²) in [6, 6.07) is 17.7. The van der Waals surface area contributed by atoms with E-state index in [4.69, 9.17) is 0 Å². The van der Waals surface area contributed by atoms with Crippen molar-refractivity contribution in [3.8, 4) is 22.6 Å². The molecule has 0 atom stereocenters. The molecule has 0 aliphatic rings. The Bertz CT molecular complexity index is 844.